The van der Waals surface area contributed by atoms with E-state index in [9.17, 15) is 0 Å². The Kier molecular flexibility index (Phi) is 5.63. The third-order valence-electron chi connectivity index (χ3n) is 6.27. The quantitative estimate of drug-likeness (QED) is 0.747. The van der Waals surface area contributed by atoms with Gasteiger partial charge in [0.05, 0.1) is 12.8 Å². The fourth-order valence-electron chi connectivity index (χ4n) is 4.74. The van der Waals surface area contributed by atoms with Crippen molar-refractivity contribution in [2.45, 2.75) is 38.0 Å². The molecule has 6 nitrogen and oxygen atoms in total. The summed E-state index contributed by atoms with van der Waals surface area (Å²) in [6.07, 6.45) is 6.73. The van der Waals surface area contributed by atoms with Gasteiger partial charge in [-0.3, -0.25) is 4.90 Å². The van der Waals surface area contributed by atoms with Gasteiger partial charge in [0, 0.05) is 38.8 Å². The molecule has 6 heteroatoms. The van der Waals surface area contributed by atoms with Crippen LogP contribution in [0.2, 0.25) is 0 Å². The Labute approximate surface area is 173 Å². The van der Waals surface area contributed by atoms with Crippen LogP contribution in [0.1, 0.15) is 36.1 Å². The minimum absolute atomic E-state index is 0.169. The zero-order valence-corrected chi connectivity index (χ0v) is 18.1. The smallest absolute Gasteiger partial charge is 0.225 e. The van der Waals surface area contributed by atoms with Crippen molar-refractivity contribution in [3.05, 3.63) is 41.2 Å². The van der Waals surface area contributed by atoms with E-state index in [0.717, 1.165) is 43.5 Å². The molecule has 29 heavy (non-hydrogen) atoms. The van der Waals surface area contributed by atoms with Crippen molar-refractivity contribution >= 4 is 5.95 Å². The minimum Gasteiger partial charge on any atom is -0.493 e. The fraction of sp³-hybridized carbons (Fsp3) is 0.565. The standard InChI is InChI=1S/C23H32N4O2/c1-17-6-7-19(20(14-17)28-4)29-13-12-27-11-5-9-23(16-27)10-8-18-15-24-22(26(2)3)25-21(18)23/h6-7,14-15H,5,8-13,16H2,1-4H3. The normalized spacial score (nSPS) is 21.2. The number of aromatic nitrogens is 2. The van der Waals surface area contributed by atoms with Gasteiger partial charge in [-0.15, -0.1) is 0 Å². The Morgan fingerprint density at radius 3 is 2.86 bits per heavy atom. The lowest BCUT2D eigenvalue weighted by atomic mass is 9.77. The van der Waals surface area contributed by atoms with Gasteiger partial charge in [0.15, 0.2) is 11.5 Å². The van der Waals surface area contributed by atoms with E-state index < -0.39 is 0 Å². The van der Waals surface area contributed by atoms with Crippen molar-refractivity contribution in [1.82, 2.24) is 14.9 Å². The van der Waals surface area contributed by atoms with Crippen LogP contribution >= 0.6 is 0 Å². The highest BCUT2D eigenvalue weighted by Gasteiger charge is 2.43. The molecule has 2 heterocycles. The molecule has 1 aliphatic carbocycles. The Hall–Kier alpha value is -2.34. The minimum atomic E-state index is 0.169. The highest BCUT2D eigenvalue weighted by Crippen LogP contribution is 2.44. The fourth-order valence-corrected chi connectivity index (χ4v) is 4.74. The zero-order chi connectivity index (χ0) is 20.4. The van der Waals surface area contributed by atoms with E-state index in [2.05, 4.69) is 22.9 Å². The molecule has 1 fully saturated rings. The number of aryl methyl sites for hydroxylation is 2. The summed E-state index contributed by atoms with van der Waals surface area (Å²) in [6, 6.07) is 6.08. The first kappa shape index (κ1) is 20.0. The van der Waals surface area contributed by atoms with Gasteiger partial charge in [-0.05, 0) is 62.4 Å². The number of piperidine rings is 1. The maximum Gasteiger partial charge on any atom is 0.225 e. The van der Waals surface area contributed by atoms with Crippen molar-refractivity contribution in [2.24, 2.45) is 0 Å². The number of nitrogens with zero attached hydrogens (tertiary/aromatic N) is 4. The summed E-state index contributed by atoms with van der Waals surface area (Å²) in [7, 11) is 5.71. The van der Waals surface area contributed by atoms with E-state index in [1.165, 1.54) is 36.1 Å². The van der Waals surface area contributed by atoms with Crippen LogP contribution in [0.5, 0.6) is 11.5 Å². The SMILES string of the molecule is COc1cc(C)ccc1OCCN1CCCC2(CCc3cnc(N(C)C)nc32)C1. The van der Waals surface area contributed by atoms with Crippen LogP contribution in [0, 0.1) is 6.92 Å². The van der Waals surface area contributed by atoms with Gasteiger partial charge in [0.1, 0.15) is 6.61 Å². The van der Waals surface area contributed by atoms with Crippen molar-refractivity contribution in [1.29, 1.82) is 0 Å². The molecule has 0 amide bonds. The first-order chi connectivity index (χ1) is 14.0. The molecule has 4 rings (SSSR count). The molecule has 1 aliphatic heterocycles. The molecule has 2 aliphatic rings. The summed E-state index contributed by atoms with van der Waals surface area (Å²) < 4.78 is 11.5. The molecule has 156 valence electrons. The second kappa shape index (κ2) is 8.19. The number of anilines is 1. The molecule has 2 aromatic rings. The highest BCUT2D eigenvalue weighted by molar-refractivity contribution is 5.42. The molecule has 0 bridgehead atoms. The third kappa shape index (κ3) is 4.04. The van der Waals surface area contributed by atoms with Gasteiger partial charge in [-0.25, -0.2) is 9.97 Å². The largest absolute Gasteiger partial charge is 0.493 e. The van der Waals surface area contributed by atoms with Gasteiger partial charge in [0.25, 0.3) is 0 Å². The molecule has 1 atom stereocenters. The van der Waals surface area contributed by atoms with Crippen LogP contribution < -0.4 is 14.4 Å². The van der Waals surface area contributed by atoms with Crippen LogP contribution in [0.25, 0.3) is 0 Å². The van der Waals surface area contributed by atoms with Crippen molar-refractivity contribution in [2.75, 3.05) is 52.3 Å². The Bertz CT molecular complexity index is 866. The second-order valence-corrected chi connectivity index (χ2v) is 8.60. The molecular weight excluding hydrogens is 364 g/mol. The van der Waals surface area contributed by atoms with Crippen molar-refractivity contribution in [3.8, 4) is 11.5 Å². The number of rotatable bonds is 6. The van der Waals surface area contributed by atoms with Crippen LogP contribution in [0.4, 0.5) is 5.95 Å². The van der Waals surface area contributed by atoms with E-state index in [1.54, 1.807) is 7.11 Å². The number of benzene rings is 1. The lowest BCUT2D eigenvalue weighted by Crippen LogP contribution is -2.46. The number of likely N-dealkylation sites (tertiary alicyclic amines) is 1. The maximum atomic E-state index is 6.06. The molecule has 0 N–H and O–H groups in total. The number of ether oxygens (including phenoxy) is 2. The molecule has 1 spiro atoms. The Balaban J connectivity index is 1.42. The molecular formula is C23H32N4O2. The summed E-state index contributed by atoms with van der Waals surface area (Å²) in [5.41, 5.74) is 3.95. The average Bonchev–Trinajstić information content (AvgIpc) is 3.06. The van der Waals surface area contributed by atoms with Gasteiger partial charge in [-0.2, -0.15) is 0 Å². The number of hydrogen-bond acceptors (Lipinski definition) is 6. The predicted octanol–water partition coefficient (Wildman–Crippen LogP) is 3.22. The number of hydrogen-bond donors (Lipinski definition) is 0. The number of methoxy groups -OCH3 is 1. The summed E-state index contributed by atoms with van der Waals surface area (Å²) in [6.45, 7) is 5.81. The molecule has 1 unspecified atom stereocenters. The van der Waals surface area contributed by atoms with Crippen molar-refractivity contribution in [3.63, 3.8) is 0 Å². The summed E-state index contributed by atoms with van der Waals surface area (Å²) >= 11 is 0. The zero-order valence-electron chi connectivity index (χ0n) is 18.1. The second-order valence-electron chi connectivity index (χ2n) is 8.60. The topological polar surface area (TPSA) is 50.7 Å². The maximum absolute atomic E-state index is 6.06. The highest BCUT2D eigenvalue weighted by atomic mass is 16.5. The summed E-state index contributed by atoms with van der Waals surface area (Å²) in [4.78, 5) is 14.0. The lowest BCUT2D eigenvalue weighted by Gasteiger charge is -2.40. The molecule has 1 saturated heterocycles. The molecule has 0 saturated carbocycles. The first-order valence-corrected chi connectivity index (χ1v) is 10.5. The van der Waals surface area contributed by atoms with Gasteiger partial charge < -0.3 is 14.4 Å². The van der Waals surface area contributed by atoms with Crippen molar-refractivity contribution < 1.29 is 9.47 Å². The monoisotopic (exact) mass is 396 g/mol. The number of fused-ring (bicyclic) bond motifs is 2. The Morgan fingerprint density at radius 1 is 1.21 bits per heavy atom. The molecule has 1 aromatic heterocycles. The van der Waals surface area contributed by atoms with Crippen LogP contribution in [-0.2, 0) is 11.8 Å². The van der Waals surface area contributed by atoms with E-state index >= 15 is 0 Å². The van der Waals surface area contributed by atoms with Gasteiger partial charge in [-0.1, -0.05) is 6.07 Å². The first-order valence-electron chi connectivity index (χ1n) is 10.5. The average molecular weight is 397 g/mol. The predicted molar refractivity (Wildman–Crippen MR) is 115 cm³/mol. The van der Waals surface area contributed by atoms with E-state index in [4.69, 9.17) is 14.5 Å². The van der Waals surface area contributed by atoms with E-state index in [1.807, 2.05) is 37.3 Å². The van der Waals surface area contributed by atoms with Gasteiger partial charge >= 0.3 is 0 Å². The van der Waals surface area contributed by atoms with Crippen LogP contribution in [0.3, 0.4) is 0 Å². The summed E-state index contributed by atoms with van der Waals surface area (Å²) in [5.74, 6) is 2.44. The van der Waals surface area contributed by atoms with Gasteiger partial charge in [0.2, 0.25) is 5.95 Å². The third-order valence-corrected chi connectivity index (χ3v) is 6.27. The molecule has 0 radical (unpaired) electrons. The van der Waals surface area contributed by atoms with Crippen LogP contribution in [-0.4, -0.2) is 62.3 Å². The van der Waals surface area contributed by atoms with E-state index in [0.29, 0.717) is 6.61 Å². The summed E-state index contributed by atoms with van der Waals surface area (Å²) in [5, 5.41) is 0. The lowest BCUT2D eigenvalue weighted by molar-refractivity contribution is 0.122. The molecule has 1 aromatic carbocycles. The van der Waals surface area contributed by atoms with E-state index in [-0.39, 0.29) is 5.41 Å². The Morgan fingerprint density at radius 2 is 2.07 bits per heavy atom. The van der Waals surface area contributed by atoms with Crippen LogP contribution in [0.15, 0.2) is 24.4 Å².